The lowest BCUT2D eigenvalue weighted by Crippen LogP contribution is -2.39. The predicted molar refractivity (Wildman–Crippen MR) is 82.4 cm³/mol. The number of nitrogens with zero attached hydrogens (tertiary/aromatic N) is 1. The molecule has 0 aliphatic rings. The number of aliphatic imine (C=N–C) groups is 1. The second-order valence-electron chi connectivity index (χ2n) is 4.28. The molecule has 1 aromatic carbocycles. The van der Waals surface area contributed by atoms with Crippen LogP contribution in [0.1, 0.15) is 18.1 Å². The topological polar surface area (TPSA) is 36.4 Å². The Balaban J connectivity index is 2.43. The highest BCUT2D eigenvalue weighted by atomic mass is 32.2. The number of guanidine groups is 1. The molecule has 0 aliphatic heterocycles. The van der Waals surface area contributed by atoms with Crippen LogP contribution in [0.3, 0.4) is 0 Å². The zero-order chi connectivity index (χ0) is 13.4. The molecule has 0 aliphatic carbocycles. The third-order valence-corrected chi connectivity index (χ3v) is 3.86. The molecule has 0 amide bonds. The number of hydrogen-bond acceptors (Lipinski definition) is 2. The molecule has 4 heteroatoms. The van der Waals surface area contributed by atoms with Crippen molar-refractivity contribution in [2.75, 3.05) is 19.8 Å². The van der Waals surface area contributed by atoms with Crippen molar-refractivity contribution >= 4 is 17.7 Å². The van der Waals surface area contributed by atoms with E-state index in [0.717, 1.165) is 19.0 Å². The second-order valence-corrected chi connectivity index (χ2v) is 5.56. The van der Waals surface area contributed by atoms with Crippen molar-refractivity contribution in [1.82, 2.24) is 10.6 Å². The summed E-state index contributed by atoms with van der Waals surface area (Å²) in [4.78, 5) is 4.22. The van der Waals surface area contributed by atoms with Gasteiger partial charge in [-0.1, -0.05) is 31.2 Å². The van der Waals surface area contributed by atoms with Crippen molar-refractivity contribution in [2.24, 2.45) is 4.99 Å². The molecule has 0 spiro atoms. The maximum atomic E-state index is 4.22. The molecule has 0 radical (unpaired) electrons. The van der Waals surface area contributed by atoms with E-state index in [2.05, 4.69) is 60.0 Å². The molecule has 2 N–H and O–H groups in total. The maximum absolute atomic E-state index is 4.22. The minimum atomic E-state index is 0.585. The fourth-order valence-electron chi connectivity index (χ4n) is 1.53. The number of thioether (sulfide) groups is 1. The van der Waals surface area contributed by atoms with Crippen LogP contribution in [0.25, 0.3) is 0 Å². The first-order valence-electron chi connectivity index (χ1n) is 6.19. The lowest BCUT2D eigenvalue weighted by molar-refractivity contribution is 0.789. The van der Waals surface area contributed by atoms with Crippen molar-refractivity contribution < 1.29 is 0 Å². The summed E-state index contributed by atoms with van der Waals surface area (Å²) >= 11 is 1.85. The Hall–Kier alpha value is -1.16. The Morgan fingerprint density at radius 3 is 2.67 bits per heavy atom. The number of aryl methyl sites for hydroxylation is 1. The molecule has 0 saturated heterocycles. The first kappa shape index (κ1) is 14.9. The van der Waals surface area contributed by atoms with Gasteiger partial charge in [0.05, 0.1) is 0 Å². The van der Waals surface area contributed by atoms with Crippen LogP contribution in [0.15, 0.2) is 29.3 Å². The summed E-state index contributed by atoms with van der Waals surface area (Å²) in [6.45, 7) is 6.06. The first-order chi connectivity index (χ1) is 8.67. The van der Waals surface area contributed by atoms with Gasteiger partial charge in [0.2, 0.25) is 0 Å². The quantitative estimate of drug-likeness (QED) is 0.634. The lowest BCUT2D eigenvalue weighted by Gasteiger charge is -2.15. The molecule has 1 unspecified atom stereocenters. The van der Waals surface area contributed by atoms with E-state index in [0.29, 0.717) is 5.25 Å². The van der Waals surface area contributed by atoms with E-state index >= 15 is 0 Å². The van der Waals surface area contributed by atoms with Gasteiger partial charge in [0.25, 0.3) is 0 Å². The minimum Gasteiger partial charge on any atom is -0.355 e. The zero-order valence-corrected chi connectivity index (χ0v) is 12.5. The van der Waals surface area contributed by atoms with Crippen molar-refractivity contribution in [3.05, 3.63) is 35.4 Å². The molecule has 3 nitrogen and oxygen atoms in total. The molecule has 1 rings (SSSR count). The fraction of sp³-hybridized carbons (Fsp3) is 0.500. The molecular formula is C14H23N3S. The van der Waals surface area contributed by atoms with Gasteiger partial charge >= 0.3 is 0 Å². The summed E-state index contributed by atoms with van der Waals surface area (Å²) in [6.07, 6.45) is 2.12. The lowest BCUT2D eigenvalue weighted by atomic mass is 10.1. The molecule has 0 fully saturated rings. The Morgan fingerprint density at radius 1 is 1.33 bits per heavy atom. The number of nitrogens with one attached hydrogen (secondary N) is 2. The van der Waals surface area contributed by atoms with Gasteiger partial charge in [-0.25, -0.2) is 0 Å². The molecule has 0 aromatic heterocycles. The average molecular weight is 265 g/mol. The molecule has 100 valence electrons. The molecule has 0 saturated carbocycles. The van der Waals surface area contributed by atoms with E-state index in [1.807, 2.05) is 11.8 Å². The maximum Gasteiger partial charge on any atom is 0.191 e. The van der Waals surface area contributed by atoms with E-state index in [1.54, 1.807) is 7.05 Å². The van der Waals surface area contributed by atoms with Crippen molar-refractivity contribution in [1.29, 1.82) is 0 Å². The highest BCUT2D eigenvalue weighted by molar-refractivity contribution is 7.99. The summed E-state index contributed by atoms with van der Waals surface area (Å²) in [6, 6.07) is 8.39. The van der Waals surface area contributed by atoms with Gasteiger partial charge in [0, 0.05) is 25.4 Å². The zero-order valence-electron chi connectivity index (χ0n) is 11.7. The standard InChI is InChI=1S/C14H23N3S/c1-11-7-5-6-8-13(11)10-17-14(15-3)16-9-12(2)18-4/h5-8,12H,9-10H2,1-4H3,(H2,15,16,17). The van der Waals surface area contributed by atoms with Gasteiger partial charge in [-0.05, 0) is 24.3 Å². The molecule has 18 heavy (non-hydrogen) atoms. The summed E-state index contributed by atoms with van der Waals surface area (Å²) in [5, 5.41) is 7.25. The molecule has 1 aromatic rings. The van der Waals surface area contributed by atoms with Gasteiger partial charge in [-0.2, -0.15) is 11.8 Å². The first-order valence-corrected chi connectivity index (χ1v) is 7.48. The van der Waals surface area contributed by atoms with Crippen LogP contribution < -0.4 is 10.6 Å². The van der Waals surface area contributed by atoms with Crippen LogP contribution in [-0.2, 0) is 6.54 Å². The summed E-state index contributed by atoms with van der Waals surface area (Å²) < 4.78 is 0. The molecule has 1 atom stereocenters. The van der Waals surface area contributed by atoms with E-state index in [1.165, 1.54) is 11.1 Å². The number of hydrogen-bond donors (Lipinski definition) is 2. The van der Waals surface area contributed by atoms with Crippen LogP contribution in [0.2, 0.25) is 0 Å². The van der Waals surface area contributed by atoms with Crippen LogP contribution in [-0.4, -0.2) is 31.1 Å². The van der Waals surface area contributed by atoms with Gasteiger partial charge < -0.3 is 10.6 Å². The van der Waals surface area contributed by atoms with Gasteiger partial charge in [-0.15, -0.1) is 0 Å². The van der Waals surface area contributed by atoms with Crippen molar-refractivity contribution in [3.63, 3.8) is 0 Å². The Morgan fingerprint density at radius 2 is 2.06 bits per heavy atom. The van der Waals surface area contributed by atoms with Crippen molar-refractivity contribution in [2.45, 2.75) is 25.6 Å². The SMILES string of the molecule is CN=C(NCc1ccccc1C)NCC(C)SC. The highest BCUT2D eigenvalue weighted by Crippen LogP contribution is 2.06. The third kappa shape index (κ3) is 5.00. The van der Waals surface area contributed by atoms with E-state index in [9.17, 15) is 0 Å². The van der Waals surface area contributed by atoms with E-state index in [-0.39, 0.29) is 0 Å². The molecule has 0 heterocycles. The number of rotatable bonds is 5. The average Bonchev–Trinajstić information content (AvgIpc) is 2.40. The molecular weight excluding hydrogens is 242 g/mol. The smallest absolute Gasteiger partial charge is 0.191 e. The predicted octanol–water partition coefficient (Wildman–Crippen LogP) is 2.41. The third-order valence-electron chi connectivity index (χ3n) is 2.89. The Labute approximate surface area is 114 Å². The summed E-state index contributed by atoms with van der Waals surface area (Å²) in [5.74, 6) is 0.860. The van der Waals surface area contributed by atoms with Gasteiger partial charge in [0.15, 0.2) is 5.96 Å². The Kier molecular flexibility index (Phi) is 6.65. The van der Waals surface area contributed by atoms with Crippen LogP contribution in [0.4, 0.5) is 0 Å². The van der Waals surface area contributed by atoms with Crippen LogP contribution in [0, 0.1) is 6.92 Å². The number of benzene rings is 1. The normalized spacial score (nSPS) is 13.2. The summed E-state index contributed by atoms with van der Waals surface area (Å²) in [7, 11) is 1.80. The monoisotopic (exact) mass is 265 g/mol. The van der Waals surface area contributed by atoms with E-state index in [4.69, 9.17) is 0 Å². The van der Waals surface area contributed by atoms with E-state index < -0.39 is 0 Å². The second kappa shape index (κ2) is 8.03. The minimum absolute atomic E-state index is 0.585. The molecule has 0 bridgehead atoms. The van der Waals surface area contributed by atoms with Gasteiger partial charge in [-0.3, -0.25) is 4.99 Å². The Bertz CT molecular complexity index is 390. The highest BCUT2D eigenvalue weighted by Gasteiger charge is 2.02. The summed E-state index contributed by atoms with van der Waals surface area (Å²) in [5.41, 5.74) is 2.61. The largest absolute Gasteiger partial charge is 0.355 e. The van der Waals surface area contributed by atoms with Gasteiger partial charge in [0.1, 0.15) is 0 Å². The van der Waals surface area contributed by atoms with Crippen LogP contribution in [0.5, 0.6) is 0 Å². The fourth-order valence-corrected chi connectivity index (χ4v) is 1.78. The van der Waals surface area contributed by atoms with Crippen LogP contribution >= 0.6 is 11.8 Å². The van der Waals surface area contributed by atoms with Crippen molar-refractivity contribution in [3.8, 4) is 0 Å².